The third-order valence-electron chi connectivity index (χ3n) is 6.90. The molecule has 36 heavy (non-hydrogen) atoms. The summed E-state index contributed by atoms with van der Waals surface area (Å²) in [5, 5.41) is 12.0. The third-order valence-corrected chi connectivity index (χ3v) is 6.90. The summed E-state index contributed by atoms with van der Waals surface area (Å²) in [6, 6.07) is 10.4. The number of imidazole rings is 1. The van der Waals surface area contributed by atoms with Crippen LogP contribution in [-0.2, 0) is 0 Å². The normalized spacial score (nSPS) is 14.1. The number of para-hydroxylation sites is 1. The molecule has 6 rings (SSSR count). The number of aromatic nitrogens is 6. The number of hydrogen-bond acceptors (Lipinski definition) is 6. The van der Waals surface area contributed by atoms with Crippen LogP contribution in [0.1, 0.15) is 33.1 Å². The van der Waals surface area contributed by atoms with Crippen molar-refractivity contribution in [3.05, 3.63) is 61.2 Å². The van der Waals surface area contributed by atoms with Crippen LogP contribution < -0.4 is 10.2 Å². The lowest BCUT2D eigenvalue weighted by molar-refractivity contribution is 0.579. The number of piperidine rings is 1. The van der Waals surface area contributed by atoms with Crippen LogP contribution >= 0.6 is 0 Å². The molecule has 182 valence electrons. The largest absolute Gasteiger partial charge is 0.370 e. The highest BCUT2D eigenvalue weighted by Crippen LogP contribution is 2.33. The van der Waals surface area contributed by atoms with Gasteiger partial charge in [0.2, 0.25) is 0 Å². The van der Waals surface area contributed by atoms with Gasteiger partial charge in [-0.25, -0.2) is 4.98 Å². The van der Waals surface area contributed by atoms with E-state index in [-0.39, 0.29) is 0 Å². The molecule has 0 bridgehead atoms. The predicted molar refractivity (Wildman–Crippen MR) is 146 cm³/mol. The highest BCUT2D eigenvalue weighted by atomic mass is 15.2. The van der Waals surface area contributed by atoms with Crippen LogP contribution in [0, 0.1) is 5.92 Å². The second kappa shape index (κ2) is 9.11. The fourth-order valence-electron chi connectivity index (χ4n) is 4.75. The Balaban J connectivity index is 1.38. The molecule has 8 nitrogen and oxygen atoms in total. The number of hydrogen-bond donors (Lipinski definition) is 3. The van der Waals surface area contributed by atoms with Crippen LogP contribution in [0.25, 0.3) is 44.7 Å². The Labute approximate surface area is 209 Å². The molecular formula is C28H30N8. The maximum absolute atomic E-state index is 5.01. The number of H-pyrrole nitrogens is 2. The zero-order valence-corrected chi connectivity index (χ0v) is 20.7. The molecule has 0 radical (unpaired) electrons. The maximum atomic E-state index is 5.01. The number of nitrogens with one attached hydrogen (secondary N) is 3. The van der Waals surface area contributed by atoms with E-state index in [0.717, 1.165) is 69.2 Å². The van der Waals surface area contributed by atoms with E-state index in [2.05, 4.69) is 74.0 Å². The molecule has 3 N–H and O–H groups in total. The highest BCUT2D eigenvalue weighted by Gasteiger charge is 2.19. The summed E-state index contributed by atoms with van der Waals surface area (Å²) >= 11 is 0. The first kappa shape index (κ1) is 22.3. The molecule has 1 aliphatic heterocycles. The van der Waals surface area contributed by atoms with Gasteiger partial charge in [0.25, 0.3) is 0 Å². The minimum atomic E-state index is 0.329. The van der Waals surface area contributed by atoms with E-state index in [1.165, 1.54) is 24.9 Å². The zero-order valence-electron chi connectivity index (χ0n) is 20.7. The quantitative estimate of drug-likeness (QED) is 0.271. The topological polar surface area (TPSA) is 98.4 Å². The molecule has 1 aromatic carbocycles. The monoisotopic (exact) mass is 478 g/mol. The lowest BCUT2D eigenvalue weighted by atomic mass is 10.1. The Morgan fingerprint density at radius 3 is 2.75 bits per heavy atom. The average Bonchev–Trinajstić information content (AvgIpc) is 3.53. The maximum Gasteiger partial charge on any atom is 0.159 e. The molecule has 0 saturated carbocycles. The summed E-state index contributed by atoms with van der Waals surface area (Å²) in [7, 11) is 0. The number of benzene rings is 1. The summed E-state index contributed by atoms with van der Waals surface area (Å²) in [6.45, 7) is 10.5. The van der Waals surface area contributed by atoms with Gasteiger partial charge in [0, 0.05) is 35.9 Å². The molecule has 0 spiro atoms. The smallest absolute Gasteiger partial charge is 0.159 e. The van der Waals surface area contributed by atoms with Gasteiger partial charge in [0.1, 0.15) is 11.2 Å². The summed E-state index contributed by atoms with van der Waals surface area (Å²) < 4.78 is 0. The van der Waals surface area contributed by atoms with Gasteiger partial charge in [0.05, 0.1) is 40.5 Å². The Morgan fingerprint density at radius 1 is 1.06 bits per heavy atom. The minimum Gasteiger partial charge on any atom is -0.370 e. The number of allylic oxidation sites excluding steroid dienone is 1. The molecule has 8 heteroatoms. The van der Waals surface area contributed by atoms with Gasteiger partial charge in [0.15, 0.2) is 5.82 Å². The molecule has 0 amide bonds. The van der Waals surface area contributed by atoms with Gasteiger partial charge in [-0.15, -0.1) is 0 Å². The van der Waals surface area contributed by atoms with E-state index in [1.54, 1.807) is 6.20 Å². The molecule has 1 aliphatic rings. The van der Waals surface area contributed by atoms with Crippen LogP contribution in [0.4, 0.5) is 11.4 Å². The van der Waals surface area contributed by atoms with Gasteiger partial charge in [-0.05, 0) is 49.4 Å². The average molecular weight is 479 g/mol. The molecular weight excluding hydrogens is 448 g/mol. The van der Waals surface area contributed by atoms with Crippen LogP contribution in [0.15, 0.2) is 61.2 Å². The Kier molecular flexibility index (Phi) is 5.64. The van der Waals surface area contributed by atoms with Crippen LogP contribution in [0.3, 0.4) is 0 Å². The van der Waals surface area contributed by atoms with Gasteiger partial charge in [-0.2, -0.15) is 5.10 Å². The van der Waals surface area contributed by atoms with Crippen LogP contribution in [0.2, 0.25) is 0 Å². The number of fused-ring (bicyclic) bond motifs is 2. The molecule has 0 unspecified atom stereocenters. The van der Waals surface area contributed by atoms with Gasteiger partial charge in [-0.1, -0.05) is 26.5 Å². The first-order valence-corrected chi connectivity index (χ1v) is 12.6. The Hall–Kier alpha value is -4.20. The summed E-state index contributed by atoms with van der Waals surface area (Å²) in [4.78, 5) is 20.0. The van der Waals surface area contributed by atoms with E-state index in [0.29, 0.717) is 5.92 Å². The number of rotatable bonds is 6. The fourth-order valence-corrected chi connectivity index (χ4v) is 4.75. The van der Waals surface area contributed by atoms with E-state index in [9.17, 15) is 0 Å². The first-order chi connectivity index (χ1) is 17.6. The van der Waals surface area contributed by atoms with Crippen molar-refractivity contribution in [1.29, 1.82) is 0 Å². The molecule has 0 atom stereocenters. The van der Waals surface area contributed by atoms with E-state index in [4.69, 9.17) is 4.98 Å². The second-order valence-electron chi connectivity index (χ2n) is 9.76. The van der Waals surface area contributed by atoms with Crippen molar-refractivity contribution < 1.29 is 0 Å². The van der Waals surface area contributed by atoms with Crippen molar-refractivity contribution in [1.82, 2.24) is 30.1 Å². The van der Waals surface area contributed by atoms with Gasteiger partial charge in [-0.3, -0.25) is 15.1 Å². The Morgan fingerprint density at radius 2 is 1.92 bits per heavy atom. The molecule has 1 saturated heterocycles. The van der Waals surface area contributed by atoms with Crippen molar-refractivity contribution in [3.63, 3.8) is 0 Å². The van der Waals surface area contributed by atoms with Gasteiger partial charge >= 0.3 is 0 Å². The van der Waals surface area contributed by atoms with Crippen LogP contribution in [0.5, 0.6) is 0 Å². The van der Waals surface area contributed by atoms with Crippen molar-refractivity contribution in [3.8, 4) is 22.8 Å². The minimum absolute atomic E-state index is 0.329. The molecule has 1 fully saturated rings. The zero-order chi connectivity index (χ0) is 24.6. The third kappa shape index (κ3) is 4.08. The summed E-state index contributed by atoms with van der Waals surface area (Å²) in [6.07, 6.45) is 9.19. The lowest BCUT2D eigenvalue weighted by Crippen LogP contribution is -2.29. The van der Waals surface area contributed by atoms with E-state index >= 15 is 0 Å². The Bertz CT molecular complexity index is 1550. The van der Waals surface area contributed by atoms with E-state index in [1.807, 2.05) is 24.5 Å². The predicted octanol–water partition coefficient (Wildman–Crippen LogP) is 6.14. The number of anilines is 2. The number of nitrogens with zero attached hydrogens (tertiary/aromatic N) is 5. The highest BCUT2D eigenvalue weighted by molar-refractivity contribution is 5.96. The number of aromatic amines is 2. The summed E-state index contributed by atoms with van der Waals surface area (Å²) in [5.74, 6) is 1.08. The van der Waals surface area contributed by atoms with Crippen LogP contribution in [-0.4, -0.2) is 43.2 Å². The van der Waals surface area contributed by atoms with Crippen molar-refractivity contribution in [2.75, 3.05) is 23.3 Å². The molecule has 5 heterocycles. The summed E-state index contributed by atoms with van der Waals surface area (Å²) in [5.41, 5.74) is 8.43. The molecule has 0 aliphatic carbocycles. The molecule has 5 aromatic rings. The number of pyridine rings is 2. The lowest BCUT2D eigenvalue weighted by Gasteiger charge is -2.28. The van der Waals surface area contributed by atoms with Gasteiger partial charge < -0.3 is 15.2 Å². The first-order valence-electron chi connectivity index (χ1n) is 12.6. The van der Waals surface area contributed by atoms with Crippen molar-refractivity contribution in [2.45, 2.75) is 33.1 Å². The van der Waals surface area contributed by atoms with E-state index < -0.39 is 0 Å². The fraction of sp³-hybridized carbons (Fsp3) is 0.286. The standard InChI is InChI=1S/C28H30N8/c1-17(2)18(3)31-20-12-19(14-29-15-20)23-13-21-24(16-30-23)34-35-26(21)28-32-22-8-7-9-25(27(22)33-28)36-10-5-4-6-11-36/h7-9,12-17,31H,3-6,10-11H2,1-2H3,(H,32,33)(H,34,35). The molecule has 4 aromatic heterocycles. The van der Waals surface area contributed by atoms with Crippen molar-refractivity contribution in [2.24, 2.45) is 5.92 Å². The second-order valence-corrected chi connectivity index (χ2v) is 9.76. The SMILES string of the molecule is C=C(Nc1cncc(-c2cc3c(-c4nc5c(N6CCCCC6)cccc5[nH]4)n[nH]c3cn2)c1)C(C)C. The van der Waals surface area contributed by atoms with Crippen molar-refractivity contribution >= 4 is 33.3 Å².